The first-order valence-electron chi connectivity index (χ1n) is 21.7. The second-order valence-corrected chi connectivity index (χ2v) is 16.1. The maximum Gasteiger partial charge on any atom is 0.0702 e. The Morgan fingerprint density at radius 2 is 0.667 bits per heavy atom. The van der Waals surface area contributed by atoms with Crippen molar-refractivity contribution < 1.29 is 0 Å². The molecule has 1 aromatic heterocycles. The van der Waals surface area contributed by atoms with Gasteiger partial charge in [0.1, 0.15) is 0 Å². The summed E-state index contributed by atoms with van der Waals surface area (Å²) in [5.41, 5.74) is 15.7. The van der Waals surface area contributed by atoms with E-state index in [1.807, 2.05) is 0 Å². The van der Waals surface area contributed by atoms with E-state index in [1.165, 1.54) is 60.8 Å². The molecule has 0 fully saturated rings. The summed E-state index contributed by atoms with van der Waals surface area (Å²) in [4.78, 5) is 2.39. The highest BCUT2D eigenvalue weighted by Crippen LogP contribution is 2.47. The Hall–Kier alpha value is -8.20. The van der Waals surface area contributed by atoms with Crippen LogP contribution < -0.4 is 4.90 Å². The molecule has 298 valence electrons. The first kappa shape index (κ1) is 37.8. The normalized spacial score (nSPS) is 11.5. The lowest BCUT2D eigenvalue weighted by Crippen LogP contribution is -2.31. The highest BCUT2D eigenvalue weighted by molar-refractivity contribution is 6.09. The van der Waals surface area contributed by atoms with Crippen molar-refractivity contribution in [3.05, 3.63) is 289 Å². The molecule has 10 aromatic carbocycles. The summed E-state index contributed by atoms with van der Waals surface area (Å²) in [6, 6.07) is 96.9. The van der Waals surface area contributed by atoms with E-state index < -0.39 is 5.41 Å². The number of benzene rings is 10. The van der Waals surface area contributed by atoms with Gasteiger partial charge in [-0.05, 0) is 105 Å². The van der Waals surface area contributed by atoms with Gasteiger partial charge >= 0.3 is 0 Å². The van der Waals surface area contributed by atoms with Gasteiger partial charge in [0, 0.05) is 33.5 Å². The van der Waals surface area contributed by atoms with Crippen LogP contribution in [-0.4, -0.2) is 4.57 Å². The molecule has 0 N–H and O–H groups in total. The average molecular weight is 805 g/mol. The van der Waals surface area contributed by atoms with Gasteiger partial charge in [-0.15, -0.1) is 0 Å². The maximum absolute atomic E-state index is 2.39. The molecule has 0 bridgehead atoms. The van der Waals surface area contributed by atoms with Crippen LogP contribution in [0, 0.1) is 0 Å². The zero-order chi connectivity index (χ0) is 42.0. The monoisotopic (exact) mass is 804 g/mol. The maximum atomic E-state index is 2.39. The van der Waals surface area contributed by atoms with Crippen LogP contribution in [0.15, 0.2) is 267 Å². The van der Waals surface area contributed by atoms with Crippen LogP contribution in [0.3, 0.4) is 0 Å². The van der Waals surface area contributed by atoms with Gasteiger partial charge in [0.25, 0.3) is 0 Å². The lowest BCUT2D eigenvalue weighted by atomic mass is 9.65. The van der Waals surface area contributed by atoms with Crippen molar-refractivity contribution in [2.45, 2.75) is 5.41 Å². The molecule has 0 aliphatic carbocycles. The fraction of sp³-hybridized carbons (Fsp3) is 0.0164. The van der Waals surface area contributed by atoms with Gasteiger partial charge in [-0.1, -0.05) is 206 Å². The van der Waals surface area contributed by atoms with Crippen LogP contribution in [0.4, 0.5) is 17.1 Å². The fourth-order valence-electron chi connectivity index (χ4n) is 9.65. The summed E-state index contributed by atoms with van der Waals surface area (Å²) < 4.78 is 2.39. The highest BCUT2D eigenvalue weighted by atomic mass is 15.1. The molecule has 0 aliphatic heterocycles. The number of hydrogen-bond acceptors (Lipinski definition) is 1. The van der Waals surface area contributed by atoms with Crippen LogP contribution >= 0.6 is 0 Å². The molecule has 0 saturated carbocycles. The molecule has 0 atom stereocenters. The van der Waals surface area contributed by atoms with E-state index in [4.69, 9.17) is 0 Å². The van der Waals surface area contributed by atoms with Crippen molar-refractivity contribution in [2.24, 2.45) is 0 Å². The molecule has 0 saturated heterocycles. The number of rotatable bonds is 10. The summed E-state index contributed by atoms with van der Waals surface area (Å²) in [5, 5.41) is 2.52. The molecular weight excluding hydrogens is 761 g/mol. The van der Waals surface area contributed by atoms with Gasteiger partial charge in [0.05, 0.1) is 16.4 Å². The van der Waals surface area contributed by atoms with Crippen LogP contribution in [0.2, 0.25) is 0 Å². The van der Waals surface area contributed by atoms with E-state index in [1.54, 1.807) is 0 Å². The minimum atomic E-state index is -0.576. The predicted octanol–water partition coefficient (Wildman–Crippen LogP) is 16.0. The largest absolute Gasteiger partial charge is 0.310 e. The SMILES string of the molecule is c1ccc(-c2ccc(N(c3ccc(-c4cccc(-n5c6ccccc6c6ccccc65)c4)cc3)c3cccc(C(c4ccccc4)(c4ccccc4)c4ccccc4)c3)cc2)cc1. The molecular formula is C61H44N2. The van der Waals surface area contributed by atoms with E-state index in [9.17, 15) is 0 Å². The molecule has 0 aliphatic rings. The first-order chi connectivity index (χ1) is 31.3. The van der Waals surface area contributed by atoms with Crippen LogP contribution in [0.5, 0.6) is 0 Å². The van der Waals surface area contributed by atoms with Gasteiger partial charge in [-0.2, -0.15) is 0 Å². The Morgan fingerprint density at radius 1 is 0.270 bits per heavy atom. The molecule has 2 nitrogen and oxygen atoms in total. The Kier molecular flexibility index (Phi) is 9.80. The van der Waals surface area contributed by atoms with E-state index >= 15 is 0 Å². The van der Waals surface area contributed by atoms with Crippen molar-refractivity contribution in [3.8, 4) is 27.9 Å². The molecule has 0 unspecified atom stereocenters. The van der Waals surface area contributed by atoms with Crippen molar-refractivity contribution in [2.75, 3.05) is 4.90 Å². The molecule has 11 rings (SSSR count). The number of nitrogens with zero attached hydrogens (tertiary/aromatic N) is 2. The number of aromatic nitrogens is 1. The Bertz CT molecular complexity index is 3150. The first-order valence-corrected chi connectivity index (χ1v) is 21.7. The quantitative estimate of drug-likeness (QED) is 0.125. The average Bonchev–Trinajstić information content (AvgIpc) is 3.71. The molecule has 0 amide bonds. The molecule has 11 aromatic rings. The second kappa shape index (κ2) is 16.3. The Morgan fingerprint density at radius 3 is 1.19 bits per heavy atom. The fourth-order valence-corrected chi connectivity index (χ4v) is 9.65. The second-order valence-electron chi connectivity index (χ2n) is 16.1. The molecule has 63 heavy (non-hydrogen) atoms. The van der Waals surface area contributed by atoms with Crippen LogP contribution in [0.1, 0.15) is 22.3 Å². The third kappa shape index (κ3) is 6.79. The Balaban J connectivity index is 1.05. The van der Waals surface area contributed by atoms with Gasteiger partial charge in [0.15, 0.2) is 0 Å². The third-order valence-electron chi connectivity index (χ3n) is 12.5. The number of anilines is 3. The van der Waals surface area contributed by atoms with Gasteiger partial charge in [-0.25, -0.2) is 0 Å². The lowest BCUT2D eigenvalue weighted by Gasteiger charge is -2.37. The minimum Gasteiger partial charge on any atom is -0.310 e. The van der Waals surface area contributed by atoms with Crippen molar-refractivity contribution in [3.63, 3.8) is 0 Å². The van der Waals surface area contributed by atoms with Gasteiger partial charge < -0.3 is 9.47 Å². The third-order valence-corrected chi connectivity index (χ3v) is 12.5. The smallest absolute Gasteiger partial charge is 0.0702 e. The zero-order valence-electron chi connectivity index (χ0n) is 34.8. The summed E-state index contributed by atoms with van der Waals surface area (Å²) in [6.07, 6.45) is 0. The lowest BCUT2D eigenvalue weighted by molar-refractivity contribution is 0.745. The molecule has 1 heterocycles. The minimum absolute atomic E-state index is 0.576. The summed E-state index contributed by atoms with van der Waals surface area (Å²) in [6.45, 7) is 0. The standard InChI is InChI=1S/C61H44N2/c1-5-19-45(20-6-1)46-35-39-53(40-36-46)62(56-30-18-28-52(44-56)61(49-22-7-2-8-23-49,50-24-9-3-10-25-50)51-26-11-4-12-27-51)54-41-37-47(38-42-54)48-21-17-29-55(43-48)63-59-33-15-13-31-57(59)58-32-14-16-34-60(58)63/h1-44H. The predicted molar refractivity (Wildman–Crippen MR) is 265 cm³/mol. The van der Waals surface area contributed by atoms with Crippen LogP contribution in [0.25, 0.3) is 49.7 Å². The summed E-state index contributed by atoms with van der Waals surface area (Å²) >= 11 is 0. The van der Waals surface area contributed by atoms with E-state index in [2.05, 4.69) is 276 Å². The number of hydrogen-bond donors (Lipinski definition) is 0. The Labute approximate surface area is 369 Å². The molecule has 0 spiro atoms. The van der Waals surface area contributed by atoms with E-state index in [-0.39, 0.29) is 0 Å². The topological polar surface area (TPSA) is 8.17 Å². The highest BCUT2D eigenvalue weighted by Gasteiger charge is 2.38. The van der Waals surface area contributed by atoms with Gasteiger partial charge in [0.2, 0.25) is 0 Å². The summed E-state index contributed by atoms with van der Waals surface area (Å²) in [5.74, 6) is 0. The number of fused-ring (bicyclic) bond motifs is 3. The molecule has 2 heteroatoms. The molecule has 0 radical (unpaired) electrons. The van der Waals surface area contributed by atoms with Crippen molar-refractivity contribution in [1.82, 2.24) is 4.57 Å². The number of para-hydroxylation sites is 2. The van der Waals surface area contributed by atoms with E-state index in [0.29, 0.717) is 0 Å². The van der Waals surface area contributed by atoms with E-state index in [0.717, 1.165) is 28.3 Å². The van der Waals surface area contributed by atoms with Gasteiger partial charge in [-0.3, -0.25) is 0 Å². The zero-order valence-corrected chi connectivity index (χ0v) is 34.8. The summed E-state index contributed by atoms with van der Waals surface area (Å²) in [7, 11) is 0. The van der Waals surface area contributed by atoms with Crippen LogP contribution in [-0.2, 0) is 5.41 Å². The van der Waals surface area contributed by atoms with Crippen molar-refractivity contribution >= 4 is 38.9 Å². The van der Waals surface area contributed by atoms with Crippen molar-refractivity contribution in [1.29, 1.82) is 0 Å².